The molecule has 0 spiro atoms. The van der Waals surface area contributed by atoms with Crippen molar-refractivity contribution >= 4 is 5.97 Å². The number of carbonyl (C=O) groups excluding carboxylic acids is 1. The number of carbonyl (C=O) groups is 1. The molecule has 0 saturated carbocycles. The van der Waals surface area contributed by atoms with Gasteiger partial charge in [-0.3, -0.25) is 9.69 Å². The highest BCUT2D eigenvalue weighted by Crippen LogP contribution is 2.13. The number of hydrogen-bond donors (Lipinski definition) is 1. The van der Waals surface area contributed by atoms with Gasteiger partial charge in [0.1, 0.15) is 6.04 Å². The lowest BCUT2D eigenvalue weighted by Gasteiger charge is -2.34. The zero-order chi connectivity index (χ0) is 10.6. The summed E-state index contributed by atoms with van der Waals surface area (Å²) in [5.74, 6) is -0.147. The molecule has 1 heterocycles. The Labute approximate surface area is 85.6 Å². The Bertz CT molecular complexity index is 191. The van der Waals surface area contributed by atoms with Gasteiger partial charge in [0.05, 0.1) is 7.11 Å². The van der Waals surface area contributed by atoms with Gasteiger partial charge >= 0.3 is 5.97 Å². The molecule has 4 heteroatoms. The van der Waals surface area contributed by atoms with E-state index in [9.17, 15) is 4.79 Å². The summed E-state index contributed by atoms with van der Waals surface area (Å²) >= 11 is 0. The minimum Gasteiger partial charge on any atom is -0.468 e. The number of rotatable bonds is 3. The molecule has 0 bridgehead atoms. The SMILES string of the molecule is COC(=O)C(C)N(C)C1CCNCC1. The van der Waals surface area contributed by atoms with Gasteiger partial charge in [-0.1, -0.05) is 0 Å². The van der Waals surface area contributed by atoms with Gasteiger partial charge < -0.3 is 10.1 Å². The van der Waals surface area contributed by atoms with Crippen LogP contribution in [0.1, 0.15) is 19.8 Å². The van der Waals surface area contributed by atoms with E-state index < -0.39 is 0 Å². The van der Waals surface area contributed by atoms with Crippen molar-refractivity contribution in [3.8, 4) is 0 Å². The third-order valence-corrected chi connectivity index (χ3v) is 3.04. The van der Waals surface area contributed by atoms with Gasteiger partial charge in [-0.15, -0.1) is 0 Å². The van der Waals surface area contributed by atoms with E-state index in [1.54, 1.807) is 0 Å². The second kappa shape index (κ2) is 5.32. The number of nitrogens with zero attached hydrogens (tertiary/aromatic N) is 1. The maximum Gasteiger partial charge on any atom is 0.322 e. The van der Waals surface area contributed by atoms with Crippen LogP contribution in [0.3, 0.4) is 0 Å². The minimum atomic E-state index is -0.147. The van der Waals surface area contributed by atoms with E-state index in [1.807, 2.05) is 14.0 Å². The highest BCUT2D eigenvalue weighted by molar-refractivity contribution is 5.75. The summed E-state index contributed by atoms with van der Waals surface area (Å²) in [6.45, 7) is 3.99. The molecule has 82 valence electrons. The highest BCUT2D eigenvalue weighted by Gasteiger charge is 2.26. The van der Waals surface area contributed by atoms with Gasteiger partial charge in [-0.25, -0.2) is 0 Å². The normalized spacial score (nSPS) is 20.9. The fraction of sp³-hybridized carbons (Fsp3) is 0.900. The summed E-state index contributed by atoms with van der Waals surface area (Å²) in [6, 6.07) is 0.369. The van der Waals surface area contributed by atoms with Gasteiger partial charge in [0, 0.05) is 6.04 Å². The van der Waals surface area contributed by atoms with Gasteiger partial charge in [-0.2, -0.15) is 0 Å². The summed E-state index contributed by atoms with van der Waals surface area (Å²) < 4.78 is 4.73. The molecule has 14 heavy (non-hydrogen) atoms. The molecule has 0 aromatic carbocycles. The standard InChI is InChI=1S/C10H20N2O2/c1-8(10(13)14-3)12(2)9-4-6-11-7-5-9/h8-9,11H,4-7H2,1-3H3. The predicted octanol–water partition coefficient (Wildman–Crippen LogP) is 0.232. The number of esters is 1. The summed E-state index contributed by atoms with van der Waals surface area (Å²) in [5, 5.41) is 3.31. The van der Waals surface area contributed by atoms with Crippen molar-refractivity contribution in [2.24, 2.45) is 0 Å². The molecule has 1 saturated heterocycles. The number of likely N-dealkylation sites (N-methyl/N-ethyl adjacent to an activating group) is 1. The molecule has 1 aliphatic rings. The van der Waals surface area contributed by atoms with Gasteiger partial charge in [0.15, 0.2) is 0 Å². The molecule has 1 atom stereocenters. The van der Waals surface area contributed by atoms with Crippen molar-refractivity contribution < 1.29 is 9.53 Å². The average molecular weight is 200 g/mol. The van der Waals surface area contributed by atoms with Crippen LogP contribution in [0.15, 0.2) is 0 Å². The fourth-order valence-electron chi connectivity index (χ4n) is 1.87. The molecule has 0 radical (unpaired) electrons. The van der Waals surface area contributed by atoms with Gasteiger partial charge in [0.2, 0.25) is 0 Å². The van der Waals surface area contributed by atoms with Crippen molar-refractivity contribution in [3.05, 3.63) is 0 Å². The Kier molecular flexibility index (Phi) is 4.35. The van der Waals surface area contributed by atoms with E-state index in [0.29, 0.717) is 6.04 Å². The van der Waals surface area contributed by atoms with E-state index in [4.69, 9.17) is 4.74 Å². The predicted molar refractivity (Wildman–Crippen MR) is 55.1 cm³/mol. The number of hydrogen-bond acceptors (Lipinski definition) is 4. The maximum absolute atomic E-state index is 11.3. The lowest BCUT2D eigenvalue weighted by atomic mass is 10.0. The monoisotopic (exact) mass is 200 g/mol. The highest BCUT2D eigenvalue weighted by atomic mass is 16.5. The summed E-state index contributed by atoms with van der Waals surface area (Å²) in [4.78, 5) is 13.4. The van der Waals surface area contributed by atoms with Crippen LogP contribution in [-0.2, 0) is 9.53 Å². The first kappa shape index (κ1) is 11.5. The molecule has 4 nitrogen and oxygen atoms in total. The first-order valence-electron chi connectivity index (χ1n) is 5.17. The summed E-state index contributed by atoms with van der Waals surface area (Å²) in [5.41, 5.74) is 0. The molecule has 0 aliphatic carbocycles. The molecule has 1 aliphatic heterocycles. The van der Waals surface area contributed by atoms with Crippen molar-refractivity contribution in [1.29, 1.82) is 0 Å². The Morgan fingerprint density at radius 3 is 2.57 bits per heavy atom. The Morgan fingerprint density at radius 1 is 1.50 bits per heavy atom. The first-order chi connectivity index (χ1) is 6.66. The van der Waals surface area contributed by atoms with Crippen LogP contribution >= 0.6 is 0 Å². The number of nitrogens with one attached hydrogen (secondary N) is 1. The maximum atomic E-state index is 11.3. The topological polar surface area (TPSA) is 41.6 Å². The van der Waals surface area contributed by atoms with Crippen LogP contribution in [0.2, 0.25) is 0 Å². The fourth-order valence-corrected chi connectivity index (χ4v) is 1.87. The van der Waals surface area contributed by atoms with Crippen molar-refractivity contribution in [2.75, 3.05) is 27.2 Å². The molecule has 1 rings (SSSR count). The van der Waals surface area contributed by atoms with Crippen LogP contribution in [0, 0.1) is 0 Å². The number of methoxy groups -OCH3 is 1. The van der Waals surface area contributed by atoms with Crippen LogP contribution in [0.25, 0.3) is 0 Å². The van der Waals surface area contributed by atoms with E-state index >= 15 is 0 Å². The zero-order valence-corrected chi connectivity index (χ0v) is 9.25. The van der Waals surface area contributed by atoms with Crippen molar-refractivity contribution in [3.63, 3.8) is 0 Å². The zero-order valence-electron chi connectivity index (χ0n) is 9.25. The molecule has 1 fully saturated rings. The molecule has 0 aromatic heterocycles. The largest absolute Gasteiger partial charge is 0.468 e. The van der Waals surface area contributed by atoms with Gasteiger partial charge in [-0.05, 0) is 39.9 Å². The summed E-state index contributed by atoms with van der Waals surface area (Å²) in [6.07, 6.45) is 2.22. The molecule has 1 N–H and O–H groups in total. The molecule has 0 aromatic rings. The smallest absolute Gasteiger partial charge is 0.322 e. The van der Waals surface area contributed by atoms with Crippen LogP contribution in [0.5, 0.6) is 0 Å². The molecular weight excluding hydrogens is 180 g/mol. The first-order valence-corrected chi connectivity index (χ1v) is 5.17. The van der Waals surface area contributed by atoms with E-state index in [-0.39, 0.29) is 12.0 Å². The Hall–Kier alpha value is -0.610. The second-order valence-electron chi connectivity index (χ2n) is 3.85. The second-order valence-corrected chi connectivity index (χ2v) is 3.85. The lowest BCUT2D eigenvalue weighted by Crippen LogP contribution is -2.47. The average Bonchev–Trinajstić information content (AvgIpc) is 2.27. The van der Waals surface area contributed by atoms with Crippen LogP contribution < -0.4 is 5.32 Å². The minimum absolute atomic E-state index is 0.136. The summed E-state index contributed by atoms with van der Waals surface area (Å²) in [7, 11) is 3.44. The lowest BCUT2D eigenvalue weighted by molar-refractivity contribution is -0.146. The molecular formula is C10H20N2O2. The molecule has 0 amide bonds. The third-order valence-electron chi connectivity index (χ3n) is 3.04. The van der Waals surface area contributed by atoms with Gasteiger partial charge in [0.25, 0.3) is 0 Å². The quantitative estimate of drug-likeness (QED) is 0.662. The molecule has 1 unspecified atom stereocenters. The van der Waals surface area contributed by atoms with Crippen molar-refractivity contribution in [2.45, 2.75) is 31.8 Å². The van der Waals surface area contributed by atoms with E-state index in [0.717, 1.165) is 25.9 Å². The third kappa shape index (κ3) is 2.69. The van der Waals surface area contributed by atoms with Crippen LogP contribution in [0.4, 0.5) is 0 Å². The van der Waals surface area contributed by atoms with Crippen molar-refractivity contribution in [1.82, 2.24) is 10.2 Å². The number of piperidine rings is 1. The number of ether oxygens (including phenoxy) is 1. The Balaban J connectivity index is 2.45. The Morgan fingerprint density at radius 2 is 2.07 bits per heavy atom. The van der Waals surface area contributed by atoms with E-state index in [1.165, 1.54) is 7.11 Å². The van der Waals surface area contributed by atoms with E-state index in [2.05, 4.69) is 10.2 Å². The van der Waals surface area contributed by atoms with Crippen LogP contribution in [-0.4, -0.2) is 50.2 Å².